The van der Waals surface area contributed by atoms with Crippen LogP contribution in [0.4, 0.5) is 0 Å². The van der Waals surface area contributed by atoms with Gasteiger partial charge in [-0.05, 0) is 57.0 Å². The maximum atomic E-state index is 12.3. The van der Waals surface area contributed by atoms with E-state index in [4.69, 9.17) is 9.26 Å². The van der Waals surface area contributed by atoms with Gasteiger partial charge in [-0.15, -0.1) is 0 Å². The van der Waals surface area contributed by atoms with E-state index in [1.54, 1.807) is 6.92 Å². The fourth-order valence-electron chi connectivity index (χ4n) is 2.79. The van der Waals surface area contributed by atoms with Crippen LogP contribution < -0.4 is 10.1 Å². The summed E-state index contributed by atoms with van der Waals surface area (Å²) in [6.07, 6.45) is -0.634. The Balaban J connectivity index is 1.57. The molecule has 0 fully saturated rings. The van der Waals surface area contributed by atoms with E-state index in [9.17, 15) is 4.79 Å². The minimum atomic E-state index is -0.634. The molecule has 0 saturated carbocycles. The van der Waals surface area contributed by atoms with Gasteiger partial charge in [-0.1, -0.05) is 35.0 Å². The van der Waals surface area contributed by atoms with Gasteiger partial charge in [0.25, 0.3) is 5.91 Å². The molecule has 0 bridgehead atoms. The van der Waals surface area contributed by atoms with Crippen molar-refractivity contribution in [2.45, 2.75) is 40.3 Å². The molecule has 2 aromatic carbocycles. The van der Waals surface area contributed by atoms with Crippen LogP contribution in [0.5, 0.6) is 5.75 Å². The first kappa shape index (κ1) is 18.6. The van der Waals surface area contributed by atoms with Crippen molar-refractivity contribution in [1.29, 1.82) is 0 Å². The summed E-state index contributed by atoms with van der Waals surface area (Å²) in [4.78, 5) is 16.6. The Kier molecular flexibility index (Phi) is 5.54. The molecule has 0 spiro atoms. The quantitative estimate of drug-likeness (QED) is 0.720. The molecule has 0 unspecified atom stereocenters. The molecule has 140 valence electrons. The van der Waals surface area contributed by atoms with Crippen LogP contribution in [0.15, 0.2) is 47.0 Å². The molecule has 0 aliphatic heterocycles. The van der Waals surface area contributed by atoms with Crippen molar-refractivity contribution in [3.8, 4) is 17.1 Å². The van der Waals surface area contributed by atoms with E-state index in [-0.39, 0.29) is 12.5 Å². The molecule has 3 aromatic rings. The molecule has 1 atom stereocenters. The molecule has 0 aliphatic carbocycles. The van der Waals surface area contributed by atoms with Gasteiger partial charge < -0.3 is 14.6 Å². The number of hydrogen-bond acceptors (Lipinski definition) is 5. The zero-order chi connectivity index (χ0) is 19.4. The van der Waals surface area contributed by atoms with Crippen LogP contribution in [0.3, 0.4) is 0 Å². The van der Waals surface area contributed by atoms with Gasteiger partial charge in [0.2, 0.25) is 11.7 Å². The highest BCUT2D eigenvalue weighted by molar-refractivity contribution is 5.80. The predicted molar refractivity (Wildman–Crippen MR) is 102 cm³/mol. The second-order valence-corrected chi connectivity index (χ2v) is 6.68. The molecule has 0 aliphatic rings. The molecule has 27 heavy (non-hydrogen) atoms. The highest BCUT2D eigenvalue weighted by Crippen LogP contribution is 2.18. The van der Waals surface area contributed by atoms with E-state index in [1.165, 1.54) is 0 Å². The van der Waals surface area contributed by atoms with Crippen molar-refractivity contribution in [2.75, 3.05) is 0 Å². The Labute approximate surface area is 158 Å². The summed E-state index contributed by atoms with van der Waals surface area (Å²) in [7, 11) is 0. The third kappa shape index (κ3) is 4.94. The van der Waals surface area contributed by atoms with Gasteiger partial charge >= 0.3 is 0 Å². The van der Waals surface area contributed by atoms with Crippen LogP contribution in [0, 0.1) is 20.8 Å². The van der Waals surface area contributed by atoms with Crippen molar-refractivity contribution in [2.24, 2.45) is 0 Å². The minimum absolute atomic E-state index is 0.151. The molecule has 1 amide bonds. The fourth-order valence-corrected chi connectivity index (χ4v) is 2.79. The highest BCUT2D eigenvalue weighted by atomic mass is 16.5. The maximum absolute atomic E-state index is 12.3. The fraction of sp³-hybridized carbons (Fsp3) is 0.286. The monoisotopic (exact) mass is 365 g/mol. The van der Waals surface area contributed by atoms with Crippen LogP contribution in [0.25, 0.3) is 11.4 Å². The minimum Gasteiger partial charge on any atom is -0.481 e. The predicted octanol–water partition coefficient (Wildman–Crippen LogP) is 3.75. The number of ether oxygens (including phenoxy) is 1. The number of amides is 1. The van der Waals surface area contributed by atoms with Crippen molar-refractivity contribution < 1.29 is 14.1 Å². The first-order chi connectivity index (χ1) is 12.9. The average molecular weight is 365 g/mol. The second-order valence-electron chi connectivity index (χ2n) is 6.68. The third-order valence-corrected chi connectivity index (χ3v) is 4.04. The number of hydrogen-bond donors (Lipinski definition) is 1. The molecule has 1 heterocycles. The first-order valence-corrected chi connectivity index (χ1v) is 8.83. The largest absolute Gasteiger partial charge is 0.481 e. The lowest BCUT2D eigenvalue weighted by Gasteiger charge is -2.15. The molecule has 0 radical (unpaired) electrons. The molecule has 0 saturated heterocycles. The molecule has 3 rings (SSSR count). The Morgan fingerprint density at radius 3 is 2.56 bits per heavy atom. The van der Waals surface area contributed by atoms with Crippen LogP contribution in [-0.4, -0.2) is 22.2 Å². The van der Waals surface area contributed by atoms with Crippen molar-refractivity contribution in [3.63, 3.8) is 0 Å². The van der Waals surface area contributed by atoms with Gasteiger partial charge in [-0.2, -0.15) is 4.98 Å². The average Bonchev–Trinajstić information content (AvgIpc) is 3.07. The number of rotatable bonds is 6. The summed E-state index contributed by atoms with van der Waals surface area (Å²) in [5.74, 6) is 1.28. The second kappa shape index (κ2) is 8.03. The summed E-state index contributed by atoms with van der Waals surface area (Å²) in [6.45, 7) is 7.84. The molecule has 1 aromatic heterocycles. The van der Waals surface area contributed by atoms with Gasteiger partial charge in [0.05, 0.1) is 6.54 Å². The molecular formula is C21H23N3O3. The van der Waals surface area contributed by atoms with Gasteiger partial charge in [-0.25, -0.2) is 0 Å². The number of carbonyl (C=O) groups is 1. The van der Waals surface area contributed by atoms with Crippen molar-refractivity contribution in [1.82, 2.24) is 15.5 Å². The Hall–Kier alpha value is -3.15. The molecule has 6 heteroatoms. The highest BCUT2D eigenvalue weighted by Gasteiger charge is 2.16. The van der Waals surface area contributed by atoms with Crippen molar-refractivity contribution in [3.05, 3.63) is 65.0 Å². The summed E-state index contributed by atoms with van der Waals surface area (Å²) in [6, 6.07) is 13.7. The standard InChI is InChI=1S/C21H23N3O3/c1-13-6-5-7-17(9-13)20-23-19(27-24-20)12-22-21(25)16(4)26-18-10-14(2)8-15(3)11-18/h5-11,16H,12H2,1-4H3,(H,22,25)/t16-/m1/s1. The van der Waals surface area contributed by atoms with E-state index in [0.717, 1.165) is 22.3 Å². The van der Waals surface area contributed by atoms with Crippen molar-refractivity contribution >= 4 is 5.91 Å². The number of aromatic nitrogens is 2. The number of carbonyl (C=O) groups excluding carboxylic acids is 1. The summed E-state index contributed by atoms with van der Waals surface area (Å²) in [5.41, 5.74) is 4.17. The van der Waals surface area contributed by atoms with Crippen LogP contribution in [0.1, 0.15) is 29.5 Å². The van der Waals surface area contributed by atoms with Gasteiger partial charge in [0.1, 0.15) is 5.75 Å². The topological polar surface area (TPSA) is 77.2 Å². The van der Waals surface area contributed by atoms with E-state index < -0.39 is 6.10 Å². The Morgan fingerprint density at radius 1 is 1.11 bits per heavy atom. The van der Waals surface area contributed by atoms with E-state index >= 15 is 0 Å². The lowest BCUT2D eigenvalue weighted by molar-refractivity contribution is -0.127. The van der Waals surface area contributed by atoms with Gasteiger partial charge in [0, 0.05) is 5.56 Å². The molecular weight excluding hydrogens is 342 g/mol. The van der Waals surface area contributed by atoms with E-state index in [2.05, 4.69) is 21.5 Å². The van der Waals surface area contributed by atoms with Crippen LogP contribution in [-0.2, 0) is 11.3 Å². The zero-order valence-electron chi connectivity index (χ0n) is 15.9. The summed E-state index contributed by atoms with van der Waals surface area (Å²) >= 11 is 0. The maximum Gasteiger partial charge on any atom is 0.261 e. The number of aryl methyl sites for hydroxylation is 3. The van der Waals surface area contributed by atoms with E-state index in [1.807, 2.05) is 57.2 Å². The van der Waals surface area contributed by atoms with E-state index in [0.29, 0.717) is 17.5 Å². The van der Waals surface area contributed by atoms with Crippen LogP contribution in [0.2, 0.25) is 0 Å². The van der Waals surface area contributed by atoms with Gasteiger partial charge in [-0.3, -0.25) is 4.79 Å². The molecule has 1 N–H and O–H groups in total. The SMILES string of the molecule is Cc1cc(C)cc(O[C@H](C)C(=O)NCc2nc(-c3cccc(C)c3)no2)c1. The van der Waals surface area contributed by atoms with Crippen LogP contribution >= 0.6 is 0 Å². The van der Waals surface area contributed by atoms with Gasteiger partial charge in [0.15, 0.2) is 6.10 Å². The molecule has 6 nitrogen and oxygen atoms in total. The Morgan fingerprint density at radius 2 is 1.85 bits per heavy atom. The zero-order valence-corrected chi connectivity index (χ0v) is 15.9. The lowest BCUT2D eigenvalue weighted by Crippen LogP contribution is -2.36. The smallest absolute Gasteiger partial charge is 0.261 e. The number of benzene rings is 2. The normalized spacial score (nSPS) is 11.9. The lowest BCUT2D eigenvalue weighted by atomic mass is 10.1. The Bertz CT molecular complexity index is 929. The summed E-state index contributed by atoms with van der Waals surface area (Å²) < 4.78 is 11.0. The number of nitrogens with zero attached hydrogens (tertiary/aromatic N) is 2. The first-order valence-electron chi connectivity index (χ1n) is 8.83. The number of nitrogens with one attached hydrogen (secondary N) is 1. The summed E-state index contributed by atoms with van der Waals surface area (Å²) in [5, 5.41) is 6.73. The third-order valence-electron chi connectivity index (χ3n) is 4.04.